The molecule has 0 radical (unpaired) electrons. The molecule has 0 heterocycles. The number of anilines is 1. The molecule has 0 saturated heterocycles. The lowest BCUT2D eigenvalue weighted by atomic mass is 9.83. The third-order valence-corrected chi connectivity index (χ3v) is 3.96. The summed E-state index contributed by atoms with van der Waals surface area (Å²) in [6, 6.07) is 5.26. The van der Waals surface area contributed by atoms with Crippen LogP contribution in [0.1, 0.15) is 36.0 Å². The second kappa shape index (κ2) is 5.54. The van der Waals surface area contributed by atoms with E-state index < -0.39 is 5.97 Å². The third kappa shape index (κ3) is 3.22. The van der Waals surface area contributed by atoms with Gasteiger partial charge in [0.05, 0.1) is 5.56 Å². The topological polar surface area (TPSA) is 49.3 Å². The standard InChI is InChI=1S/C13H16BrNO2/c14-12-8-10(4-5-11(12)13(16)17)15-7-6-9-2-1-3-9/h4-5,8-9,15H,1-3,6-7H2,(H,16,17). The van der Waals surface area contributed by atoms with Crippen molar-refractivity contribution in [1.82, 2.24) is 0 Å². The van der Waals surface area contributed by atoms with Crippen molar-refractivity contribution >= 4 is 27.6 Å². The average Bonchev–Trinajstić information content (AvgIpc) is 2.21. The molecular formula is C13H16BrNO2. The van der Waals surface area contributed by atoms with E-state index in [1.54, 1.807) is 6.07 Å². The molecule has 1 aliphatic carbocycles. The molecule has 0 aromatic heterocycles. The molecule has 1 aromatic rings. The Labute approximate surface area is 109 Å². The van der Waals surface area contributed by atoms with E-state index in [9.17, 15) is 4.79 Å². The molecule has 1 aromatic carbocycles. The van der Waals surface area contributed by atoms with Crippen LogP contribution in [0.2, 0.25) is 0 Å². The molecule has 4 heteroatoms. The van der Waals surface area contributed by atoms with E-state index in [1.165, 1.54) is 25.7 Å². The number of aromatic carboxylic acids is 1. The minimum absolute atomic E-state index is 0.301. The summed E-state index contributed by atoms with van der Waals surface area (Å²) in [5.41, 5.74) is 1.27. The van der Waals surface area contributed by atoms with E-state index in [-0.39, 0.29) is 0 Å². The van der Waals surface area contributed by atoms with Crippen LogP contribution >= 0.6 is 15.9 Å². The van der Waals surface area contributed by atoms with Crippen LogP contribution in [0.5, 0.6) is 0 Å². The molecule has 17 heavy (non-hydrogen) atoms. The Bertz CT molecular complexity index is 416. The van der Waals surface area contributed by atoms with Gasteiger partial charge in [0.15, 0.2) is 0 Å². The molecule has 1 fully saturated rings. The first-order chi connectivity index (χ1) is 8.16. The number of halogens is 1. The first kappa shape index (κ1) is 12.4. The normalized spacial score (nSPS) is 15.4. The number of rotatable bonds is 5. The summed E-state index contributed by atoms with van der Waals surface area (Å²) in [6.45, 7) is 0.962. The van der Waals surface area contributed by atoms with E-state index in [1.807, 2.05) is 12.1 Å². The van der Waals surface area contributed by atoms with Crippen molar-refractivity contribution in [1.29, 1.82) is 0 Å². The monoisotopic (exact) mass is 297 g/mol. The van der Waals surface area contributed by atoms with Crippen molar-refractivity contribution in [3.63, 3.8) is 0 Å². The molecule has 0 unspecified atom stereocenters. The zero-order valence-electron chi connectivity index (χ0n) is 9.58. The average molecular weight is 298 g/mol. The van der Waals surface area contributed by atoms with Gasteiger partial charge >= 0.3 is 5.97 Å². The van der Waals surface area contributed by atoms with Crippen molar-refractivity contribution in [3.05, 3.63) is 28.2 Å². The number of benzene rings is 1. The van der Waals surface area contributed by atoms with E-state index in [2.05, 4.69) is 21.2 Å². The summed E-state index contributed by atoms with van der Waals surface area (Å²) < 4.78 is 0.624. The van der Waals surface area contributed by atoms with Gasteiger partial charge < -0.3 is 10.4 Å². The van der Waals surface area contributed by atoms with Crippen LogP contribution in [-0.2, 0) is 0 Å². The quantitative estimate of drug-likeness (QED) is 0.870. The van der Waals surface area contributed by atoms with Crippen LogP contribution in [0.4, 0.5) is 5.69 Å². The van der Waals surface area contributed by atoms with Crippen molar-refractivity contribution in [2.24, 2.45) is 5.92 Å². The van der Waals surface area contributed by atoms with Gasteiger partial charge in [-0.2, -0.15) is 0 Å². The van der Waals surface area contributed by atoms with Gasteiger partial charge in [-0.05, 0) is 46.5 Å². The number of carboxylic acid groups (broad SMARTS) is 1. The number of carboxylic acids is 1. The van der Waals surface area contributed by atoms with Gasteiger partial charge in [-0.25, -0.2) is 4.79 Å². The minimum Gasteiger partial charge on any atom is -0.478 e. The Morgan fingerprint density at radius 3 is 2.76 bits per heavy atom. The maximum absolute atomic E-state index is 10.8. The Kier molecular flexibility index (Phi) is 4.05. The zero-order chi connectivity index (χ0) is 12.3. The van der Waals surface area contributed by atoms with E-state index in [0.29, 0.717) is 10.0 Å². The second-order valence-corrected chi connectivity index (χ2v) is 5.37. The first-order valence-electron chi connectivity index (χ1n) is 5.93. The van der Waals surface area contributed by atoms with Crippen LogP contribution in [0.15, 0.2) is 22.7 Å². The van der Waals surface area contributed by atoms with Crippen molar-refractivity contribution in [2.45, 2.75) is 25.7 Å². The van der Waals surface area contributed by atoms with Gasteiger partial charge in [0.1, 0.15) is 0 Å². The lowest BCUT2D eigenvalue weighted by Gasteiger charge is -2.25. The first-order valence-corrected chi connectivity index (χ1v) is 6.73. The molecular weight excluding hydrogens is 282 g/mol. The largest absolute Gasteiger partial charge is 0.478 e. The summed E-state index contributed by atoms with van der Waals surface area (Å²) in [6.07, 6.45) is 5.31. The molecule has 2 N–H and O–H groups in total. The Balaban J connectivity index is 1.88. The zero-order valence-corrected chi connectivity index (χ0v) is 11.2. The number of carbonyl (C=O) groups is 1. The summed E-state index contributed by atoms with van der Waals surface area (Å²) in [5, 5.41) is 12.2. The Morgan fingerprint density at radius 1 is 1.47 bits per heavy atom. The van der Waals surface area contributed by atoms with Crippen molar-refractivity contribution < 1.29 is 9.90 Å². The molecule has 2 rings (SSSR count). The molecule has 0 atom stereocenters. The maximum atomic E-state index is 10.8. The Hall–Kier alpha value is -1.03. The summed E-state index contributed by atoms with van der Waals surface area (Å²) in [5.74, 6) is -0.0119. The fourth-order valence-electron chi connectivity index (χ4n) is 2.00. The van der Waals surface area contributed by atoms with Gasteiger partial charge in [-0.1, -0.05) is 19.3 Å². The minimum atomic E-state index is -0.905. The highest BCUT2D eigenvalue weighted by Gasteiger charge is 2.16. The predicted molar refractivity (Wildman–Crippen MR) is 71.5 cm³/mol. The van der Waals surface area contributed by atoms with Gasteiger partial charge in [0, 0.05) is 16.7 Å². The van der Waals surface area contributed by atoms with Crippen LogP contribution in [0.25, 0.3) is 0 Å². The van der Waals surface area contributed by atoms with Crippen molar-refractivity contribution in [2.75, 3.05) is 11.9 Å². The maximum Gasteiger partial charge on any atom is 0.336 e. The Morgan fingerprint density at radius 2 is 2.24 bits per heavy atom. The summed E-state index contributed by atoms with van der Waals surface area (Å²) in [4.78, 5) is 10.8. The van der Waals surface area contributed by atoms with Crippen LogP contribution in [0, 0.1) is 5.92 Å². The van der Waals surface area contributed by atoms with Gasteiger partial charge in [0.2, 0.25) is 0 Å². The number of hydrogen-bond donors (Lipinski definition) is 2. The number of hydrogen-bond acceptors (Lipinski definition) is 2. The predicted octanol–water partition coefficient (Wildman–Crippen LogP) is 3.75. The molecule has 0 amide bonds. The van der Waals surface area contributed by atoms with E-state index in [0.717, 1.165) is 18.2 Å². The molecule has 0 aliphatic heterocycles. The van der Waals surface area contributed by atoms with Gasteiger partial charge in [-0.3, -0.25) is 0 Å². The lowest BCUT2D eigenvalue weighted by Crippen LogP contribution is -2.15. The van der Waals surface area contributed by atoms with Gasteiger partial charge in [0.25, 0.3) is 0 Å². The highest BCUT2D eigenvalue weighted by molar-refractivity contribution is 9.10. The molecule has 1 aliphatic rings. The molecule has 3 nitrogen and oxygen atoms in total. The van der Waals surface area contributed by atoms with Crippen LogP contribution in [-0.4, -0.2) is 17.6 Å². The van der Waals surface area contributed by atoms with Crippen molar-refractivity contribution in [3.8, 4) is 0 Å². The highest BCUT2D eigenvalue weighted by atomic mass is 79.9. The molecule has 0 bridgehead atoms. The molecule has 92 valence electrons. The third-order valence-electron chi connectivity index (χ3n) is 3.31. The fourth-order valence-corrected chi connectivity index (χ4v) is 2.55. The smallest absolute Gasteiger partial charge is 0.336 e. The lowest BCUT2D eigenvalue weighted by molar-refractivity contribution is 0.0696. The van der Waals surface area contributed by atoms with Gasteiger partial charge in [-0.15, -0.1) is 0 Å². The molecule has 0 spiro atoms. The molecule has 1 saturated carbocycles. The van der Waals surface area contributed by atoms with Crippen LogP contribution in [0.3, 0.4) is 0 Å². The fraction of sp³-hybridized carbons (Fsp3) is 0.462. The van der Waals surface area contributed by atoms with E-state index >= 15 is 0 Å². The summed E-state index contributed by atoms with van der Waals surface area (Å²) in [7, 11) is 0. The SMILES string of the molecule is O=C(O)c1ccc(NCCC2CCC2)cc1Br. The summed E-state index contributed by atoms with van der Waals surface area (Å²) >= 11 is 3.27. The second-order valence-electron chi connectivity index (χ2n) is 4.51. The highest BCUT2D eigenvalue weighted by Crippen LogP contribution is 2.29. The number of nitrogens with one attached hydrogen (secondary N) is 1. The van der Waals surface area contributed by atoms with Crippen LogP contribution < -0.4 is 5.32 Å². The van der Waals surface area contributed by atoms with E-state index in [4.69, 9.17) is 5.11 Å².